The third-order valence-electron chi connectivity index (χ3n) is 4.37. The third kappa shape index (κ3) is 9.26. The average Bonchev–Trinajstić information content (AvgIpc) is 2.71. The number of hydrogen-bond donors (Lipinski definition) is 0. The van der Waals surface area contributed by atoms with Crippen LogP contribution in [0.2, 0.25) is 0 Å². The normalized spacial score (nSPS) is 11.1. The van der Waals surface area contributed by atoms with Crippen molar-refractivity contribution < 1.29 is 14.3 Å². The predicted molar refractivity (Wildman–Crippen MR) is 120 cm³/mol. The highest BCUT2D eigenvalue weighted by Crippen LogP contribution is 2.15. The van der Waals surface area contributed by atoms with Gasteiger partial charge in [-0.15, -0.1) is 0 Å². The van der Waals surface area contributed by atoms with Crippen LogP contribution in [-0.2, 0) is 11.3 Å². The summed E-state index contributed by atoms with van der Waals surface area (Å²) in [6, 6.07) is 17.6. The molecule has 0 radical (unpaired) electrons. The quantitative estimate of drug-likeness (QED) is 0.495. The summed E-state index contributed by atoms with van der Waals surface area (Å²) in [5.41, 5.74) is 1.89. The summed E-state index contributed by atoms with van der Waals surface area (Å²) < 4.78 is 5.89. The van der Waals surface area contributed by atoms with Gasteiger partial charge in [0.05, 0.1) is 5.75 Å². The Kier molecular flexibility index (Phi) is 9.91. The molecule has 156 valence electrons. The standard InChI is InChI=1S/C23H30N2O3S/c1-19(26)29-18-23(27)21-9-11-22(12-10-21)28-16-15-25(14-13-24(2)3)17-20-7-5-4-6-8-20/h4-12H,13-18H2,1-3H3. The smallest absolute Gasteiger partial charge is 0.186 e. The Labute approximate surface area is 178 Å². The van der Waals surface area contributed by atoms with E-state index >= 15 is 0 Å². The van der Waals surface area contributed by atoms with E-state index in [-0.39, 0.29) is 16.7 Å². The van der Waals surface area contributed by atoms with Crippen molar-refractivity contribution in [1.29, 1.82) is 0 Å². The summed E-state index contributed by atoms with van der Waals surface area (Å²) in [6.45, 7) is 5.70. The van der Waals surface area contributed by atoms with E-state index in [2.05, 4.69) is 48.2 Å². The molecule has 0 amide bonds. The number of carbonyl (C=O) groups is 2. The molecule has 6 heteroatoms. The zero-order valence-electron chi connectivity index (χ0n) is 17.5. The minimum absolute atomic E-state index is 0.0468. The van der Waals surface area contributed by atoms with Crippen molar-refractivity contribution in [3.8, 4) is 5.75 Å². The molecule has 0 saturated carbocycles. The maximum atomic E-state index is 12.0. The molecule has 0 aliphatic carbocycles. The molecular weight excluding hydrogens is 384 g/mol. The molecule has 2 aromatic carbocycles. The highest BCUT2D eigenvalue weighted by molar-refractivity contribution is 8.14. The minimum atomic E-state index is -0.0485. The number of thioether (sulfide) groups is 1. The molecule has 0 aromatic heterocycles. The molecule has 0 bridgehead atoms. The van der Waals surface area contributed by atoms with Crippen LogP contribution in [0.1, 0.15) is 22.8 Å². The van der Waals surface area contributed by atoms with Crippen molar-refractivity contribution in [2.24, 2.45) is 0 Å². The molecule has 0 N–H and O–H groups in total. The number of Topliss-reactive ketones (excluding diaryl/α,β-unsaturated/α-hetero) is 1. The van der Waals surface area contributed by atoms with E-state index in [1.54, 1.807) is 12.1 Å². The molecule has 2 rings (SSSR count). The number of likely N-dealkylation sites (N-methyl/N-ethyl adjacent to an activating group) is 1. The Hall–Kier alpha value is -2.15. The summed E-state index contributed by atoms with van der Waals surface area (Å²) >= 11 is 1.03. The second kappa shape index (κ2) is 12.4. The largest absolute Gasteiger partial charge is 0.492 e. The van der Waals surface area contributed by atoms with Gasteiger partial charge in [-0.2, -0.15) is 0 Å². The van der Waals surface area contributed by atoms with Crippen LogP contribution in [0.3, 0.4) is 0 Å². The average molecular weight is 415 g/mol. The summed E-state index contributed by atoms with van der Waals surface area (Å²) in [6.07, 6.45) is 0. The van der Waals surface area contributed by atoms with E-state index in [1.165, 1.54) is 12.5 Å². The molecule has 29 heavy (non-hydrogen) atoms. The number of benzene rings is 2. The molecule has 0 aliphatic rings. The number of ketones is 1. The first-order chi connectivity index (χ1) is 13.9. The Morgan fingerprint density at radius 1 is 0.931 bits per heavy atom. The second-order valence-electron chi connectivity index (χ2n) is 7.14. The van der Waals surface area contributed by atoms with Crippen molar-refractivity contribution in [3.05, 3.63) is 65.7 Å². The fraction of sp³-hybridized carbons (Fsp3) is 0.391. The van der Waals surface area contributed by atoms with Gasteiger partial charge in [-0.3, -0.25) is 14.5 Å². The maximum absolute atomic E-state index is 12.0. The van der Waals surface area contributed by atoms with Crippen LogP contribution in [0.5, 0.6) is 5.75 Å². The Morgan fingerprint density at radius 3 is 2.24 bits per heavy atom. The number of rotatable bonds is 12. The zero-order valence-corrected chi connectivity index (χ0v) is 18.3. The van der Waals surface area contributed by atoms with E-state index in [1.807, 2.05) is 18.2 Å². The van der Waals surface area contributed by atoms with E-state index in [0.29, 0.717) is 12.2 Å². The van der Waals surface area contributed by atoms with Crippen LogP contribution in [0.25, 0.3) is 0 Å². The van der Waals surface area contributed by atoms with Crippen molar-refractivity contribution in [1.82, 2.24) is 9.80 Å². The molecular formula is C23H30N2O3S. The minimum Gasteiger partial charge on any atom is -0.492 e. The molecule has 0 heterocycles. The summed E-state index contributed by atoms with van der Waals surface area (Å²) in [7, 11) is 4.16. The van der Waals surface area contributed by atoms with Gasteiger partial charge in [0.2, 0.25) is 0 Å². The van der Waals surface area contributed by atoms with Crippen molar-refractivity contribution >= 4 is 22.7 Å². The first-order valence-electron chi connectivity index (χ1n) is 9.74. The first kappa shape index (κ1) is 23.1. The fourth-order valence-corrected chi connectivity index (χ4v) is 3.23. The van der Waals surface area contributed by atoms with E-state index in [0.717, 1.165) is 43.7 Å². The Bertz CT molecular complexity index is 763. The van der Waals surface area contributed by atoms with Crippen molar-refractivity contribution in [2.75, 3.05) is 46.1 Å². The van der Waals surface area contributed by atoms with Crippen LogP contribution < -0.4 is 4.74 Å². The lowest BCUT2D eigenvalue weighted by Gasteiger charge is -2.24. The van der Waals surface area contributed by atoms with Crippen LogP contribution in [0, 0.1) is 0 Å². The first-order valence-corrected chi connectivity index (χ1v) is 10.7. The molecule has 0 aliphatic heterocycles. The summed E-state index contributed by atoms with van der Waals surface area (Å²) in [5.74, 6) is 0.873. The van der Waals surface area contributed by atoms with E-state index in [9.17, 15) is 9.59 Å². The number of nitrogens with zero attached hydrogens (tertiary/aromatic N) is 2. The van der Waals surface area contributed by atoms with Crippen LogP contribution in [0.15, 0.2) is 54.6 Å². The number of ether oxygens (including phenoxy) is 1. The molecule has 0 unspecified atom stereocenters. The molecule has 0 saturated heterocycles. The highest BCUT2D eigenvalue weighted by Gasteiger charge is 2.09. The Balaban J connectivity index is 1.84. The maximum Gasteiger partial charge on any atom is 0.186 e. The van der Waals surface area contributed by atoms with Gasteiger partial charge in [0, 0.05) is 38.7 Å². The van der Waals surface area contributed by atoms with Crippen LogP contribution >= 0.6 is 11.8 Å². The topological polar surface area (TPSA) is 49.9 Å². The molecule has 5 nitrogen and oxygen atoms in total. The van der Waals surface area contributed by atoms with Gasteiger partial charge in [-0.25, -0.2) is 0 Å². The Morgan fingerprint density at radius 2 is 1.62 bits per heavy atom. The molecule has 0 spiro atoms. The van der Waals surface area contributed by atoms with Crippen LogP contribution in [0.4, 0.5) is 0 Å². The lowest BCUT2D eigenvalue weighted by Crippen LogP contribution is -2.34. The van der Waals surface area contributed by atoms with Crippen molar-refractivity contribution in [3.63, 3.8) is 0 Å². The summed E-state index contributed by atoms with van der Waals surface area (Å²) in [5, 5.41) is -0.0485. The van der Waals surface area contributed by atoms with Gasteiger partial charge in [0.1, 0.15) is 12.4 Å². The van der Waals surface area contributed by atoms with Crippen LogP contribution in [-0.4, -0.2) is 66.8 Å². The van der Waals surface area contributed by atoms with Gasteiger partial charge in [0.15, 0.2) is 10.9 Å². The number of carbonyl (C=O) groups excluding carboxylic acids is 2. The van der Waals surface area contributed by atoms with Gasteiger partial charge in [0.25, 0.3) is 0 Å². The second-order valence-corrected chi connectivity index (χ2v) is 8.29. The van der Waals surface area contributed by atoms with Gasteiger partial charge in [-0.05, 0) is 43.9 Å². The van der Waals surface area contributed by atoms with E-state index < -0.39 is 0 Å². The SMILES string of the molecule is CC(=O)SCC(=O)c1ccc(OCCN(CCN(C)C)Cc2ccccc2)cc1. The molecule has 2 aromatic rings. The lowest BCUT2D eigenvalue weighted by molar-refractivity contribution is -0.109. The van der Waals surface area contributed by atoms with Gasteiger partial charge >= 0.3 is 0 Å². The van der Waals surface area contributed by atoms with Crippen molar-refractivity contribution in [2.45, 2.75) is 13.5 Å². The molecule has 0 atom stereocenters. The predicted octanol–water partition coefficient (Wildman–Crippen LogP) is 3.59. The third-order valence-corrected chi connectivity index (χ3v) is 5.18. The fourth-order valence-electron chi connectivity index (χ4n) is 2.73. The highest BCUT2D eigenvalue weighted by atomic mass is 32.2. The lowest BCUT2D eigenvalue weighted by atomic mass is 10.1. The van der Waals surface area contributed by atoms with Gasteiger partial charge in [-0.1, -0.05) is 42.1 Å². The zero-order chi connectivity index (χ0) is 21.1. The summed E-state index contributed by atoms with van der Waals surface area (Å²) in [4.78, 5) is 27.6. The number of hydrogen-bond acceptors (Lipinski definition) is 6. The molecule has 0 fully saturated rings. The monoisotopic (exact) mass is 414 g/mol. The van der Waals surface area contributed by atoms with E-state index in [4.69, 9.17) is 4.74 Å². The van der Waals surface area contributed by atoms with Gasteiger partial charge < -0.3 is 9.64 Å².